The molecule has 0 aliphatic carbocycles. The van der Waals surface area contributed by atoms with E-state index in [4.69, 9.17) is 0 Å². The highest BCUT2D eigenvalue weighted by Crippen LogP contribution is 2.24. The van der Waals surface area contributed by atoms with Gasteiger partial charge in [0.2, 0.25) is 0 Å². The second-order valence-electron chi connectivity index (χ2n) is 5.45. The molecule has 3 rings (SSSR count). The highest BCUT2D eigenvalue weighted by Gasteiger charge is 2.11. The second-order valence-corrected chi connectivity index (χ2v) is 7.25. The van der Waals surface area contributed by atoms with E-state index in [2.05, 4.69) is 26.6 Å². The van der Waals surface area contributed by atoms with Crippen molar-refractivity contribution in [2.75, 3.05) is 10.6 Å². The fourth-order valence-corrected chi connectivity index (χ4v) is 3.47. The molecule has 0 aliphatic rings. The molecule has 126 valence electrons. The van der Waals surface area contributed by atoms with E-state index < -0.39 is 0 Å². The molecule has 0 bridgehead atoms. The fraction of sp³-hybridized carbons (Fsp3) is 0.0526. The van der Waals surface area contributed by atoms with Crippen molar-refractivity contribution in [2.24, 2.45) is 0 Å². The van der Waals surface area contributed by atoms with Crippen LogP contribution < -0.4 is 10.6 Å². The van der Waals surface area contributed by atoms with E-state index in [0.29, 0.717) is 21.8 Å². The summed E-state index contributed by atoms with van der Waals surface area (Å²) < 4.78 is 0.822. The maximum Gasteiger partial charge on any atom is 0.265 e. The highest BCUT2D eigenvalue weighted by atomic mass is 79.9. The third kappa shape index (κ3) is 4.35. The topological polar surface area (TPSA) is 58.2 Å². The number of carbonyl (C=O) groups excluding carboxylic acids is 2. The quantitative estimate of drug-likeness (QED) is 0.606. The smallest absolute Gasteiger partial charge is 0.265 e. The normalized spacial score (nSPS) is 10.3. The van der Waals surface area contributed by atoms with Gasteiger partial charge in [0, 0.05) is 15.7 Å². The lowest BCUT2D eigenvalue weighted by atomic mass is 10.1. The molecule has 25 heavy (non-hydrogen) atoms. The number of hydrogen-bond donors (Lipinski definition) is 2. The lowest BCUT2D eigenvalue weighted by Crippen LogP contribution is -2.14. The van der Waals surface area contributed by atoms with Crippen LogP contribution in [0.15, 0.2) is 64.5 Å². The molecule has 2 aromatic carbocycles. The predicted octanol–water partition coefficient (Wildman–Crippen LogP) is 5.32. The molecule has 6 heteroatoms. The van der Waals surface area contributed by atoms with E-state index in [1.807, 2.05) is 36.6 Å². The molecule has 1 aromatic heterocycles. The fourth-order valence-electron chi connectivity index (χ4n) is 2.25. The number of halogens is 1. The Morgan fingerprint density at radius 3 is 2.52 bits per heavy atom. The van der Waals surface area contributed by atoms with Crippen molar-refractivity contribution in [3.05, 3.63) is 80.5 Å². The van der Waals surface area contributed by atoms with Crippen LogP contribution in [0.25, 0.3) is 0 Å². The molecule has 4 nitrogen and oxygen atoms in total. The average Bonchev–Trinajstić information content (AvgIpc) is 3.12. The maximum atomic E-state index is 12.5. The minimum Gasteiger partial charge on any atom is -0.321 e. The van der Waals surface area contributed by atoms with Crippen molar-refractivity contribution in [2.45, 2.75) is 6.92 Å². The molecule has 0 saturated heterocycles. The van der Waals surface area contributed by atoms with Gasteiger partial charge in [0.1, 0.15) is 0 Å². The number of benzene rings is 2. The average molecular weight is 415 g/mol. The van der Waals surface area contributed by atoms with E-state index in [1.165, 1.54) is 11.3 Å². The Morgan fingerprint density at radius 2 is 1.80 bits per heavy atom. The minimum absolute atomic E-state index is 0.186. The number of anilines is 2. The van der Waals surface area contributed by atoms with Crippen molar-refractivity contribution in [1.29, 1.82) is 0 Å². The van der Waals surface area contributed by atoms with Gasteiger partial charge >= 0.3 is 0 Å². The molecule has 0 atom stereocenters. The number of amides is 2. The van der Waals surface area contributed by atoms with Gasteiger partial charge in [0.25, 0.3) is 11.8 Å². The number of nitrogens with one attached hydrogen (secondary N) is 2. The van der Waals surface area contributed by atoms with Gasteiger partial charge in [-0.15, -0.1) is 11.3 Å². The summed E-state index contributed by atoms with van der Waals surface area (Å²) in [6.07, 6.45) is 0. The summed E-state index contributed by atoms with van der Waals surface area (Å²) in [6.45, 7) is 1.98. The summed E-state index contributed by atoms with van der Waals surface area (Å²) in [5.74, 6) is -0.425. The summed E-state index contributed by atoms with van der Waals surface area (Å²) in [5, 5.41) is 7.52. The third-order valence-electron chi connectivity index (χ3n) is 3.50. The first-order chi connectivity index (χ1) is 12.0. The first-order valence-corrected chi connectivity index (χ1v) is 9.22. The van der Waals surface area contributed by atoms with E-state index in [9.17, 15) is 9.59 Å². The van der Waals surface area contributed by atoms with Gasteiger partial charge in [-0.05, 0) is 70.2 Å². The molecule has 0 fully saturated rings. The molecule has 2 amide bonds. The Balaban J connectivity index is 1.74. The SMILES string of the molecule is Cc1ccc(NC(=O)c2cccc(NC(=O)c3cccs3)c2)c(Br)c1. The van der Waals surface area contributed by atoms with Crippen molar-refractivity contribution >= 4 is 50.5 Å². The monoisotopic (exact) mass is 414 g/mol. The van der Waals surface area contributed by atoms with E-state index >= 15 is 0 Å². The molecular formula is C19H15BrN2O2S. The third-order valence-corrected chi connectivity index (χ3v) is 5.03. The molecule has 0 unspecified atom stereocenters. The Morgan fingerprint density at radius 1 is 0.960 bits per heavy atom. The second kappa shape index (κ2) is 7.63. The van der Waals surface area contributed by atoms with Crippen LogP contribution in [0, 0.1) is 6.92 Å². The number of hydrogen-bond acceptors (Lipinski definition) is 3. The van der Waals surface area contributed by atoms with Crippen LogP contribution in [0.3, 0.4) is 0 Å². The van der Waals surface area contributed by atoms with Crippen LogP contribution in [0.1, 0.15) is 25.6 Å². The summed E-state index contributed by atoms with van der Waals surface area (Å²) in [6, 6.07) is 16.1. The highest BCUT2D eigenvalue weighted by molar-refractivity contribution is 9.10. The molecule has 0 saturated carbocycles. The maximum absolute atomic E-state index is 12.5. The van der Waals surface area contributed by atoms with Crippen molar-refractivity contribution < 1.29 is 9.59 Å². The molecule has 0 spiro atoms. The summed E-state index contributed by atoms with van der Waals surface area (Å²) in [7, 11) is 0. The van der Waals surface area contributed by atoms with E-state index in [-0.39, 0.29) is 11.8 Å². The number of carbonyl (C=O) groups is 2. The van der Waals surface area contributed by atoms with Gasteiger partial charge in [-0.2, -0.15) is 0 Å². The molecule has 2 N–H and O–H groups in total. The van der Waals surface area contributed by atoms with E-state index in [1.54, 1.807) is 30.3 Å². The lowest BCUT2D eigenvalue weighted by molar-refractivity contribution is 0.101. The van der Waals surface area contributed by atoms with Crippen LogP contribution >= 0.6 is 27.3 Å². The van der Waals surface area contributed by atoms with Crippen molar-refractivity contribution in [1.82, 2.24) is 0 Å². The zero-order chi connectivity index (χ0) is 17.8. The van der Waals surface area contributed by atoms with Crippen molar-refractivity contribution in [3.8, 4) is 0 Å². The summed E-state index contributed by atoms with van der Waals surface area (Å²) in [5.41, 5.74) is 2.84. The molecule has 0 radical (unpaired) electrons. The first kappa shape index (κ1) is 17.4. The Labute approximate surface area is 158 Å². The zero-order valence-electron chi connectivity index (χ0n) is 13.4. The van der Waals surface area contributed by atoms with E-state index in [0.717, 1.165) is 10.0 Å². The van der Waals surface area contributed by atoms with Gasteiger partial charge in [0.15, 0.2) is 0 Å². The first-order valence-electron chi connectivity index (χ1n) is 7.55. The number of aryl methyl sites for hydroxylation is 1. The van der Waals surface area contributed by atoms with Gasteiger partial charge in [-0.3, -0.25) is 9.59 Å². The standard InChI is InChI=1S/C19H15BrN2O2S/c1-12-7-8-16(15(20)10-12)22-18(23)13-4-2-5-14(11-13)21-19(24)17-6-3-9-25-17/h2-11H,1H3,(H,21,24)(H,22,23). The van der Waals surface area contributed by atoms with Crippen LogP contribution in [0.5, 0.6) is 0 Å². The van der Waals surface area contributed by atoms with Gasteiger partial charge in [0.05, 0.1) is 10.6 Å². The Bertz CT molecular complexity index is 923. The van der Waals surface area contributed by atoms with Gasteiger partial charge in [-0.1, -0.05) is 18.2 Å². The largest absolute Gasteiger partial charge is 0.321 e. The van der Waals surface area contributed by atoms with Gasteiger partial charge < -0.3 is 10.6 Å². The zero-order valence-corrected chi connectivity index (χ0v) is 15.8. The molecule has 0 aliphatic heterocycles. The Hall–Kier alpha value is -2.44. The van der Waals surface area contributed by atoms with Crippen LogP contribution in [0.4, 0.5) is 11.4 Å². The molecule has 3 aromatic rings. The number of rotatable bonds is 4. The van der Waals surface area contributed by atoms with Crippen molar-refractivity contribution in [3.63, 3.8) is 0 Å². The molecular weight excluding hydrogens is 400 g/mol. The number of thiophene rings is 1. The van der Waals surface area contributed by atoms with Crippen LogP contribution in [-0.2, 0) is 0 Å². The predicted molar refractivity (Wildman–Crippen MR) is 106 cm³/mol. The molecule has 1 heterocycles. The Kier molecular flexibility index (Phi) is 5.31. The van der Waals surface area contributed by atoms with Gasteiger partial charge in [-0.25, -0.2) is 0 Å². The van der Waals surface area contributed by atoms with Crippen LogP contribution in [-0.4, -0.2) is 11.8 Å². The van der Waals surface area contributed by atoms with Crippen LogP contribution in [0.2, 0.25) is 0 Å². The summed E-state index contributed by atoms with van der Waals surface area (Å²) in [4.78, 5) is 25.2. The summed E-state index contributed by atoms with van der Waals surface area (Å²) >= 11 is 4.82. The minimum atomic E-state index is -0.239. The lowest BCUT2D eigenvalue weighted by Gasteiger charge is -2.10.